The largest absolute Gasteiger partial charge is 0.288 e. The first-order chi connectivity index (χ1) is 7.58. The zero-order valence-electron chi connectivity index (χ0n) is 9.08. The summed E-state index contributed by atoms with van der Waals surface area (Å²) in [6.07, 6.45) is 0. The highest BCUT2D eigenvalue weighted by atomic mass is 32.1. The summed E-state index contributed by atoms with van der Waals surface area (Å²) in [5.41, 5.74) is 1.25. The Balaban J connectivity index is 2.45. The van der Waals surface area contributed by atoms with Gasteiger partial charge in [0.2, 0.25) is 5.78 Å². The van der Waals surface area contributed by atoms with Crippen molar-refractivity contribution in [2.24, 2.45) is 0 Å². The number of ketones is 1. The maximum atomic E-state index is 13.1. The fourth-order valence-corrected chi connectivity index (χ4v) is 2.35. The predicted octanol–water partition coefficient (Wildman–Crippen LogP) is 3.74. The van der Waals surface area contributed by atoms with Crippen molar-refractivity contribution in [1.29, 1.82) is 0 Å². The van der Waals surface area contributed by atoms with Gasteiger partial charge in [-0.05, 0) is 43.7 Å². The molecule has 82 valence electrons. The number of carbonyl (C=O) groups excluding carboxylic acids is 1. The fraction of sp³-hybridized carbons (Fsp3) is 0.154. The molecule has 0 aliphatic heterocycles. The van der Waals surface area contributed by atoms with Crippen LogP contribution >= 0.6 is 11.3 Å². The SMILES string of the molecule is Cc1ccc(C(=O)c2cc(F)ccc2C)s1. The van der Waals surface area contributed by atoms with Crippen molar-refractivity contribution in [3.63, 3.8) is 0 Å². The first-order valence-electron chi connectivity index (χ1n) is 4.95. The molecule has 0 saturated heterocycles. The summed E-state index contributed by atoms with van der Waals surface area (Å²) in [5.74, 6) is -0.475. The van der Waals surface area contributed by atoms with Gasteiger partial charge >= 0.3 is 0 Å². The molecule has 0 aliphatic carbocycles. The van der Waals surface area contributed by atoms with E-state index in [1.54, 1.807) is 12.1 Å². The van der Waals surface area contributed by atoms with Crippen LogP contribution in [0.3, 0.4) is 0 Å². The smallest absolute Gasteiger partial charge is 0.203 e. The van der Waals surface area contributed by atoms with E-state index in [0.717, 1.165) is 10.4 Å². The molecule has 2 aromatic rings. The molecule has 2 rings (SSSR count). The Morgan fingerprint density at radius 3 is 2.56 bits per heavy atom. The van der Waals surface area contributed by atoms with Gasteiger partial charge in [0.25, 0.3) is 0 Å². The van der Waals surface area contributed by atoms with E-state index in [0.29, 0.717) is 10.4 Å². The maximum Gasteiger partial charge on any atom is 0.203 e. The van der Waals surface area contributed by atoms with Gasteiger partial charge in [0.1, 0.15) is 5.82 Å². The third kappa shape index (κ3) is 2.04. The number of hydrogen-bond acceptors (Lipinski definition) is 2. The zero-order chi connectivity index (χ0) is 11.7. The highest BCUT2D eigenvalue weighted by molar-refractivity contribution is 7.14. The molecule has 0 atom stereocenters. The van der Waals surface area contributed by atoms with Crippen molar-refractivity contribution in [2.45, 2.75) is 13.8 Å². The minimum absolute atomic E-state index is 0.102. The minimum Gasteiger partial charge on any atom is -0.288 e. The number of aryl methyl sites for hydroxylation is 2. The number of carbonyl (C=O) groups is 1. The average molecular weight is 234 g/mol. The van der Waals surface area contributed by atoms with Gasteiger partial charge in [0.15, 0.2) is 0 Å². The van der Waals surface area contributed by atoms with Gasteiger partial charge in [-0.2, -0.15) is 0 Å². The second-order valence-corrected chi connectivity index (χ2v) is 4.99. The minimum atomic E-state index is -0.373. The Labute approximate surface area is 97.6 Å². The van der Waals surface area contributed by atoms with E-state index in [9.17, 15) is 9.18 Å². The van der Waals surface area contributed by atoms with E-state index in [2.05, 4.69) is 0 Å². The average Bonchev–Trinajstić information content (AvgIpc) is 2.67. The van der Waals surface area contributed by atoms with Crippen LogP contribution in [0.4, 0.5) is 4.39 Å². The van der Waals surface area contributed by atoms with Crippen LogP contribution in [-0.4, -0.2) is 5.78 Å². The van der Waals surface area contributed by atoms with Crippen LogP contribution in [0.1, 0.15) is 25.7 Å². The molecular formula is C13H11FOS. The van der Waals surface area contributed by atoms with Gasteiger partial charge in [-0.3, -0.25) is 4.79 Å². The van der Waals surface area contributed by atoms with Crippen molar-refractivity contribution >= 4 is 17.1 Å². The van der Waals surface area contributed by atoms with Crippen LogP contribution in [0.15, 0.2) is 30.3 Å². The molecule has 1 aromatic heterocycles. The standard InChI is InChI=1S/C13H11FOS/c1-8-3-5-10(14)7-11(8)13(15)12-6-4-9(2)16-12/h3-7H,1-2H3. The molecule has 0 unspecified atom stereocenters. The Hall–Kier alpha value is -1.48. The highest BCUT2D eigenvalue weighted by Gasteiger charge is 2.14. The lowest BCUT2D eigenvalue weighted by Crippen LogP contribution is -2.02. The summed E-state index contributed by atoms with van der Waals surface area (Å²) < 4.78 is 13.1. The van der Waals surface area contributed by atoms with Crippen molar-refractivity contribution in [3.05, 3.63) is 57.0 Å². The second-order valence-electron chi connectivity index (χ2n) is 3.70. The van der Waals surface area contributed by atoms with Crippen LogP contribution in [0.25, 0.3) is 0 Å². The third-order valence-corrected chi connectivity index (χ3v) is 3.41. The molecule has 0 N–H and O–H groups in total. The molecular weight excluding hydrogens is 223 g/mol. The van der Waals surface area contributed by atoms with Gasteiger partial charge in [0.05, 0.1) is 4.88 Å². The monoisotopic (exact) mass is 234 g/mol. The van der Waals surface area contributed by atoms with Gasteiger partial charge in [0, 0.05) is 10.4 Å². The second kappa shape index (κ2) is 4.18. The number of hydrogen-bond donors (Lipinski definition) is 0. The van der Waals surface area contributed by atoms with Crippen LogP contribution < -0.4 is 0 Å². The molecule has 0 aliphatic rings. The lowest BCUT2D eigenvalue weighted by molar-refractivity contribution is 0.104. The Morgan fingerprint density at radius 1 is 1.19 bits per heavy atom. The van der Waals surface area contributed by atoms with Crippen molar-refractivity contribution in [3.8, 4) is 0 Å². The number of halogens is 1. The molecule has 16 heavy (non-hydrogen) atoms. The number of benzene rings is 1. The quantitative estimate of drug-likeness (QED) is 0.723. The molecule has 1 nitrogen and oxygen atoms in total. The molecule has 1 heterocycles. The Bertz CT molecular complexity index is 543. The van der Waals surface area contributed by atoms with E-state index >= 15 is 0 Å². The van der Waals surface area contributed by atoms with E-state index in [4.69, 9.17) is 0 Å². The molecule has 0 spiro atoms. The molecule has 0 saturated carbocycles. The summed E-state index contributed by atoms with van der Waals surface area (Å²) in [5, 5.41) is 0. The third-order valence-electron chi connectivity index (χ3n) is 2.41. The summed E-state index contributed by atoms with van der Waals surface area (Å²) in [7, 11) is 0. The van der Waals surface area contributed by atoms with Gasteiger partial charge in [-0.15, -0.1) is 11.3 Å². The van der Waals surface area contributed by atoms with Crippen molar-refractivity contribution in [1.82, 2.24) is 0 Å². The summed E-state index contributed by atoms with van der Waals surface area (Å²) in [6, 6.07) is 7.97. The number of thiophene rings is 1. The maximum absolute atomic E-state index is 13.1. The summed E-state index contributed by atoms with van der Waals surface area (Å²) in [6.45, 7) is 3.76. The number of rotatable bonds is 2. The van der Waals surface area contributed by atoms with E-state index in [-0.39, 0.29) is 11.6 Å². The molecule has 3 heteroatoms. The summed E-state index contributed by atoms with van der Waals surface area (Å²) in [4.78, 5) is 13.8. The first-order valence-corrected chi connectivity index (χ1v) is 5.77. The first kappa shape index (κ1) is 11.0. The fourth-order valence-electron chi connectivity index (χ4n) is 1.53. The topological polar surface area (TPSA) is 17.1 Å². The molecule has 0 radical (unpaired) electrons. The van der Waals surface area contributed by atoms with Gasteiger partial charge in [-0.25, -0.2) is 4.39 Å². The van der Waals surface area contributed by atoms with Crippen molar-refractivity contribution in [2.75, 3.05) is 0 Å². The normalized spacial score (nSPS) is 10.4. The van der Waals surface area contributed by atoms with Crippen LogP contribution in [0.2, 0.25) is 0 Å². The molecule has 0 amide bonds. The van der Waals surface area contributed by atoms with Gasteiger partial charge in [-0.1, -0.05) is 6.07 Å². The van der Waals surface area contributed by atoms with Crippen LogP contribution in [0.5, 0.6) is 0 Å². The van der Waals surface area contributed by atoms with Gasteiger partial charge < -0.3 is 0 Å². The zero-order valence-corrected chi connectivity index (χ0v) is 9.90. The Morgan fingerprint density at radius 2 is 1.94 bits per heavy atom. The van der Waals surface area contributed by atoms with E-state index in [1.807, 2.05) is 19.9 Å². The molecule has 0 fully saturated rings. The van der Waals surface area contributed by atoms with Crippen molar-refractivity contribution < 1.29 is 9.18 Å². The summed E-state index contributed by atoms with van der Waals surface area (Å²) >= 11 is 1.43. The van der Waals surface area contributed by atoms with Crippen LogP contribution in [0, 0.1) is 19.7 Å². The lowest BCUT2D eigenvalue weighted by Gasteiger charge is -2.02. The van der Waals surface area contributed by atoms with Crippen LogP contribution in [-0.2, 0) is 0 Å². The predicted molar refractivity (Wildman–Crippen MR) is 63.6 cm³/mol. The highest BCUT2D eigenvalue weighted by Crippen LogP contribution is 2.21. The molecule has 1 aromatic carbocycles. The van der Waals surface area contributed by atoms with E-state index in [1.165, 1.54) is 23.5 Å². The lowest BCUT2D eigenvalue weighted by atomic mass is 10.0. The molecule has 0 bridgehead atoms. The Kier molecular flexibility index (Phi) is 2.88. The van der Waals surface area contributed by atoms with E-state index < -0.39 is 0 Å².